The molecule has 18 heavy (non-hydrogen) atoms. The Morgan fingerprint density at radius 3 is 2.94 bits per heavy atom. The number of aromatic nitrogens is 2. The van der Waals surface area contributed by atoms with E-state index < -0.39 is 0 Å². The fourth-order valence-electron chi connectivity index (χ4n) is 1.80. The second kappa shape index (κ2) is 4.74. The largest absolute Gasteiger partial charge is 0.308 e. The highest BCUT2D eigenvalue weighted by atomic mass is 32.1. The van der Waals surface area contributed by atoms with Gasteiger partial charge in [-0.2, -0.15) is 0 Å². The van der Waals surface area contributed by atoms with Gasteiger partial charge in [0.2, 0.25) is 0 Å². The molecule has 1 aliphatic rings. The molecule has 2 aromatic heterocycles. The summed E-state index contributed by atoms with van der Waals surface area (Å²) in [5, 5.41) is 4.51. The molecule has 1 saturated carbocycles. The second-order valence-corrected chi connectivity index (χ2v) is 5.82. The van der Waals surface area contributed by atoms with Gasteiger partial charge < -0.3 is 5.32 Å². The van der Waals surface area contributed by atoms with Gasteiger partial charge in [0.05, 0.1) is 11.9 Å². The van der Waals surface area contributed by atoms with E-state index in [0.717, 1.165) is 27.8 Å². The van der Waals surface area contributed by atoms with Crippen LogP contribution in [0.1, 0.15) is 22.7 Å². The van der Waals surface area contributed by atoms with Crippen LogP contribution in [0.4, 0.5) is 4.39 Å². The fraction of sp³-hybridized carbons (Fsp3) is 0.385. The minimum atomic E-state index is -0.317. The molecule has 0 amide bonds. The van der Waals surface area contributed by atoms with Crippen LogP contribution in [0.25, 0.3) is 11.4 Å². The first-order chi connectivity index (χ1) is 8.72. The molecule has 0 bridgehead atoms. The van der Waals surface area contributed by atoms with Gasteiger partial charge in [-0.05, 0) is 31.9 Å². The molecule has 1 aliphatic carbocycles. The highest BCUT2D eigenvalue weighted by Gasteiger charge is 2.21. The molecular weight excluding hydrogens is 249 g/mol. The van der Waals surface area contributed by atoms with Gasteiger partial charge in [-0.3, -0.25) is 4.98 Å². The van der Waals surface area contributed by atoms with Crippen molar-refractivity contribution in [2.45, 2.75) is 32.4 Å². The lowest BCUT2D eigenvalue weighted by molar-refractivity contribution is 0.621. The Bertz CT molecular complexity index is 546. The Labute approximate surface area is 109 Å². The van der Waals surface area contributed by atoms with Crippen LogP contribution in [-0.2, 0) is 6.54 Å². The van der Waals surface area contributed by atoms with Gasteiger partial charge in [-0.15, -0.1) is 11.3 Å². The van der Waals surface area contributed by atoms with E-state index in [4.69, 9.17) is 0 Å². The van der Waals surface area contributed by atoms with E-state index in [1.807, 2.05) is 6.92 Å². The summed E-state index contributed by atoms with van der Waals surface area (Å²) in [6.07, 6.45) is 3.78. The predicted octanol–water partition coefficient (Wildman–Crippen LogP) is 2.90. The first-order valence-corrected chi connectivity index (χ1v) is 6.85. The summed E-state index contributed by atoms with van der Waals surface area (Å²) in [5.74, 6) is -0.317. The summed E-state index contributed by atoms with van der Waals surface area (Å²) >= 11 is 1.68. The maximum Gasteiger partial charge on any atom is 0.141 e. The summed E-state index contributed by atoms with van der Waals surface area (Å²) < 4.78 is 12.8. The van der Waals surface area contributed by atoms with Crippen molar-refractivity contribution < 1.29 is 4.39 Å². The molecular formula is C13H14FN3S. The number of nitrogens with one attached hydrogen (secondary N) is 1. The molecule has 3 rings (SSSR count). The first-order valence-electron chi connectivity index (χ1n) is 6.04. The van der Waals surface area contributed by atoms with E-state index in [2.05, 4.69) is 15.3 Å². The van der Waals surface area contributed by atoms with E-state index in [0.29, 0.717) is 6.04 Å². The third-order valence-electron chi connectivity index (χ3n) is 2.93. The van der Waals surface area contributed by atoms with Gasteiger partial charge in [0.15, 0.2) is 0 Å². The molecule has 0 radical (unpaired) electrons. The molecule has 1 N–H and O–H groups in total. The monoisotopic (exact) mass is 263 g/mol. The molecule has 0 saturated heterocycles. The minimum Gasteiger partial charge on any atom is -0.308 e. The van der Waals surface area contributed by atoms with Crippen LogP contribution >= 0.6 is 11.3 Å². The van der Waals surface area contributed by atoms with E-state index in [1.165, 1.54) is 25.1 Å². The van der Waals surface area contributed by atoms with E-state index in [-0.39, 0.29) is 5.82 Å². The number of nitrogens with zero attached hydrogens (tertiary/aromatic N) is 2. The highest BCUT2D eigenvalue weighted by molar-refractivity contribution is 7.12. The highest BCUT2D eigenvalue weighted by Crippen LogP contribution is 2.27. The van der Waals surface area contributed by atoms with Crippen molar-refractivity contribution >= 4 is 11.3 Å². The molecule has 0 aromatic carbocycles. The van der Waals surface area contributed by atoms with Gasteiger partial charge >= 0.3 is 0 Å². The SMILES string of the molecule is Cc1sc(CNC2CC2)nc1-c1ccc(F)cn1. The Morgan fingerprint density at radius 2 is 2.28 bits per heavy atom. The second-order valence-electron chi connectivity index (χ2n) is 4.53. The molecule has 94 valence electrons. The maximum atomic E-state index is 12.8. The van der Waals surface area contributed by atoms with Crippen LogP contribution in [0.15, 0.2) is 18.3 Å². The lowest BCUT2D eigenvalue weighted by Gasteiger charge is -1.98. The zero-order valence-electron chi connectivity index (χ0n) is 10.1. The van der Waals surface area contributed by atoms with Gasteiger partial charge in [0.25, 0.3) is 0 Å². The van der Waals surface area contributed by atoms with Gasteiger partial charge in [-0.1, -0.05) is 0 Å². The third kappa shape index (κ3) is 2.57. The summed E-state index contributed by atoms with van der Waals surface area (Å²) in [7, 11) is 0. The van der Waals surface area contributed by atoms with Crippen molar-refractivity contribution in [2.75, 3.05) is 0 Å². The van der Waals surface area contributed by atoms with Crippen LogP contribution in [-0.4, -0.2) is 16.0 Å². The molecule has 5 heteroatoms. The average Bonchev–Trinajstić information content (AvgIpc) is 3.12. The third-order valence-corrected chi connectivity index (χ3v) is 3.90. The number of rotatable bonds is 4. The van der Waals surface area contributed by atoms with Crippen molar-refractivity contribution in [2.24, 2.45) is 0 Å². The number of aryl methyl sites for hydroxylation is 1. The Kier molecular flexibility index (Phi) is 3.09. The lowest BCUT2D eigenvalue weighted by atomic mass is 10.2. The molecule has 0 atom stereocenters. The average molecular weight is 263 g/mol. The van der Waals surface area contributed by atoms with Crippen LogP contribution in [0.3, 0.4) is 0 Å². The smallest absolute Gasteiger partial charge is 0.141 e. The van der Waals surface area contributed by atoms with Crippen molar-refractivity contribution in [3.8, 4) is 11.4 Å². The van der Waals surface area contributed by atoms with Crippen molar-refractivity contribution in [3.05, 3.63) is 34.0 Å². The van der Waals surface area contributed by atoms with Crippen molar-refractivity contribution in [3.63, 3.8) is 0 Å². The fourth-order valence-corrected chi connectivity index (χ4v) is 2.69. The van der Waals surface area contributed by atoms with E-state index >= 15 is 0 Å². The van der Waals surface area contributed by atoms with E-state index in [9.17, 15) is 4.39 Å². The quantitative estimate of drug-likeness (QED) is 0.921. The summed E-state index contributed by atoms with van der Waals surface area (Å²) in [6, 6.07) is 3.78. The number of hydrogen-bond donors (Lipinski definition) is 1. The van der Waals surface area contributed by atoms with Crippen LogP contribution in [0, 0.1) is 12.7 Å². The first kappa shape index (κ1) is 11.7. The van der Waals surface area contributed by atoms with Crippen LogP contribution < -0.4 is 5.32 Å². The number of hydrogen-bond acceptors (Lipinski definition) is 4. The van der Waals surface area contributed by atoms with Gasteiger partial charge in [-0.25, -0.2) is 9.37 Å². The van der Waals surface area contributed by atoms with Crippen molar-refractivity contribution in [1.29, 1.82) is 0 Å². The summed E-state index contributed by atoms with van der Waals surface area (Å²) in [5.41, 5.74) is 1.61. The zero-order valence-corrected chi connectivity index (χ0v) is 10.9. The number of thiazole rings is 1. The molecule has 0 unspecified atom stereocenters. The van der Waals surface area contributed by atoms with Gasteiger partial charge in [0.1, 0.15) is 16.5 Å². The molecule has 1 fully saturated rings. The predicted molar refractivity (Wildman–Crippen MR) is 69.9 cm³/mol. The summed E-state index contributed by atoms with van der Waals surface area (Å²) in [4.78, 5) is 9.79. The minimum absolute atomic E-state index is 0.317. The standard InChI is InChI=1S/C13H14FN3S/c1-8-13(11-5-2-9(14)6-16-11)17-12(18-8)7-15-10-3-4-10/h2,5-6,10,15H,3-4,7H2,1H3. The number of pyridine rings is 1. The normalized spacial score (nSPS) is 15.0. The molecule has 2 heterocycles. The lowest BCUT2D eigenvalue weighted by Crippen LogP contribution is -2.14. The Balaban J connectivity index is 1.80. The van der Waals surface area contributed by atoms with E-state index in [1.54, 1.807) is 17.4 Å². The topological polar surface area (TPSA) is 37.8 Å². The maximum absolute atomic E-state index is 12.8. The Hall–Kier alpha value is -1.33. The molecule has 0 spiro atoms. The zero-order chi connectivity index (χ0) is 12.5. The molecule has 2 aromatic rings. The molecule has 3 nitrogen and oxygen atoms in total. The summed E-state index contributed by atoms with van der Waals surface area (Å²) in [6.45, 7) is 2.84. The van der Waals surface area contributed by atoms with Crippen LogP contribution in [0.2, 0.25) is 0 Å². The van der Waals surface area contributed by atoms with Crippen LogP contribution in [0.5, 0.6) is 0 Å². The number of halogens is 1. The van der Waals surface area contributed by atoms with Crippen molar-refractivity contribution in [1.82, 2.24) is 15.3 Å². The molecule has 0 aliphatic heterocycles. The van der Waals surface area contributed by atoms with Gasteiger partial charge in [0, 0.05) is 17.5 Å². The Morgan fingerprint density at radius 1 is 1.44 bits per heavy atom.